The Kier molecular flexibility index (Phi) is 4.53. The second-order valence-electron chi connectivity index (χ2n) is 4.68. The minimum Gasteiger partial charge on any atom is -0.394 e. The van der Waals surface area contributed by atoms with Crippen LogP contribution in [0.3, 0.4) is 0 Å². The number of allylic oxidation sites excluding steroid dienone is 2. The highest BCUT2D eigenvalue weighted by molar-refractivity contribution is 5.77. The number of aliphatic hydroxyl groups excluding tert-OH is 1. The molecule has 1 unspecified atom stereocenters. The van der Waals surface area contributed by atoms with Gasteiger partial charge in [-0.05, 0) is 24.3 Å². The zero-order valence-corrected chi connectivity index (χ0v) is 10.4. The Labute approximate surface area is 108 Å². The average molecular weight is 245 g/mol. The molecule has 2 atom stereocenters. The Morgan fingerprint density at radius 2 is 2.17 bits per heavy atom. The van der Waals surface area contributed by atoms with Crippen LogP contribution >= 0.6 is 0 Å². The molecule has 0 fully saturated rings. The van der Waals surface area contributed by atoms with Gasteiger partial charge in [0.1, 0.15) is 0 Å². The van der Waals surface area contributed by atoms with Crippen LogP contribution in [0.25, 0.3) is 0 Å². The van der Waals surface area contributed by atoms with Crippen LogP contribution in [0.4, 0.5) is 0 Å². The molecular weight excluding hydrogens is 226 g/mol. The van der Waals surface area contributed by atoms with Gasteiger partial charge in [-0.3, -0.25) is 4.79 Å². The number of carbonyl (C=O) groups excluding carboxylic acids is 1. The first-order chi connectivity index (χ1) is 8.79. The fourth-order valence-corrected chi connectivity index (χ4v) is 2.28. The molecule has 1 amide bonds. The van der Waals surface area contributed by atoms with Crippen LogP contribution in [-0.4, -0.2) is 17.6 Å². The van der Waals surface area contributed by atoms with Gasteiger partial charge in [0, 0.05) is 6.42 Å². The van der Waals surface area contributed by atoms with Crippen molar-refractivity contribution < 1.29 is 9.90 Å². The summed E-state index contributed by atoms with van der Waals surface area (Å²) in [4.78, 5) is 11.9. The Bertz CT molecular complexity index is 414. The van der Waals surface area contributed by atoms with E-state index in [1.54, 1.807) is 0 Å². The summed E-state index contributed by atoms with van der Waals surface area (Å²) in [6.07, 6.45) is 6.87. The Hall–Kier alpha value is -1.61. The first-order valence-electron chi connectivity index (χ1n) is 6.41. The van der Waals surface area contributed by atoms with Gasteiger partial charge in [-0.2, -0.15) is 0 Å². The number of amides is 1. The molecule has 1 aromatic carbocycles. The Morgan fingerprint density at radius 1 is 1.39 bits per heavy atom. The molecule has 0 spiro atoms. The minimum atomic E-state index is -0.302. The van der Waals surface area contributed by atoms with Crippen molar-refractivity contribution in [2.24, 2.45) is 5.92 Å². The number of rotatable bonds is 5. The minimum absolute atomic E-state index is 0.00875. The molecule has 2 N–H and O–H groups in total. The third-order valence-corrected chi connectivity index (χ3v) is 3.28. The van der Waals surface area contributed by atoms with Crippen LogP contribution in [0.15, 0.2) is 42.5 Å². The maximum absolute atomic E-state index is 11.9. The lowest BCUT2D eigenvalue weighted by Gasteiger charge is -2.17. The van der Waals surface area contributed by atoms with Crippen LogP contribution in [0, 0.1) is 5.92 Å². The molecule has 0 aromatic heterocycles. The molecule has 96 valence electrons. The first kappa shape index (κ1) is 12.8. The Balaban J connectivity index is 1.90. The largest absolute Gasteiger partial charge is 0.394 e. The molecule has 0 aliphatic heterocycles. The van der Waals surface area contributed by atoms with Crippen molar-refractivity contribution in [2.75, 3.05) is 6.61 Å². The normalized spacial score (nSPS) is 19.7. The maximum atomic E-state index is 11.9. The predicted molar refractivity (Wildman–Crippen MR) is 70.9 cm³/mol. The van der Waals surface area contributed by atoms with E-state index in [-0.39, 0.29) is 18.6 Å². The van der Waals surface area contributed by atoms with Crippen molar-refractivity contribution in [1.29, 1.82) is 0 Å². The van der Waals surface area contributed by atoms with Crippen molar-refractivity contribution in [3.8, 4) is 0 Å². The summed E-state index contributed by atoms with van der Waals surface area (Å²) in [5, 5.41) is 12.2. The molecular formula is C15H19NO2. The fraction of sp³-hybridized carbons (Fsp3) is 0.400. The van der Waals surface area contributed by atoms with Crippen LogP contribution < -0.4 is 5.32 Å². The first-order valence-corrected chi connectivity index (χ1v) is 6.41. The van der Waals surface area contributed by atoms with Crippen molar-refractivity contribution in [3.63, 3.8) is 0 Å². The fourth-order valence-electron chi connectivity index (χ4n) is 2.28. The molecule has 0 heterocycles. The number of carbonyl (C=O) groups is 1. The van der Waals surface area contributed by atoms with Gasteiger partial charge in [-0.1, -0.05) is 42.5 Å². The van der Waals surface area contributed by atoms with E-state index in [2.05, 4.69) is 17.5 Å². The molecule has 2 rings (SSSR count). The molecule has 0 bridgehead atoms. The lowest BCUT2D eigenvalue weighted by atomic mass is 10.0. The second-order valence-corrected chi connectivity index (χ2v) is 4.68. The molecule has 0 saturated heterocycles. The predicted octanol–water partition coefficient (Wildman–Crippen LogP) is 2.19. The third kappa shape index (κ3) is 3.44. The number of nitrogens with one attached hydrogen (secondary N) is 1. The molecule has 1 aromatic rings. The van der Waals surface area contributed by atoms with Crippen molar-refractivity contribution in [3.05, 3.63) is 48.0 Å². The van der Waals surface area contributed by atoms with Crippen molar-refractivity contribution in [2.45, 2.75) is 25.3 Å². The van der Waals surface area contributed by atoms with E-state index in [4.69, 9.17) is 0 Å². The molecule has 0 radical (unpaired) electrons. The van der Waals surface area contributed by atoms with Gasteiger partial charge in [0.05, 0.1) is 12.6 Å². The van der Waals surface area contributed by atoms with Crippen LogP contribution in [0.1, 0.15) is 30.9 Å². The zero-order valence-electron chi connectivity index (χ0n) is 10.4. The summed E-state index contributed by atoms with van der Waals surface area (Å²) in [6.45, 7) is -0.0732. The van der Waals surface area contributed by atoms with Crippen LogP contribution in [-0.2, 0) is 4.79 Å². The van der Waals surface area contributed by atoms with E-state index in [9.17, 15) is 9.90 Å². The van der Waals surface area contributed by atoms with Crippen molar-refractivity contribution in [1.82, 2.24) is 5.32 Å². The topological polar surface area (TPSA) is 49.3 Å². The lowest BCUT2D eigenvalue weighted by Crippen LogP contribution is -2.31. The summed E-state index contributed by atoms with van der Waals surface area (Å²) in [5.74, 6) is 0.370. The zero-order chi connectivity index (χ0) is 12.8. The molecule has 3 nitrogen and oxygen atoms in total. The standard InChI is InChI=1S/C15H19NO2/c17-11-14(13-8-2-1-3-9-13)16-15(18)10-12-6-4-5-7-12/h1-4,6,8-9,12,14,17H,5,7,10-11H2,(H,16,18)/t12?,14-/m1/s1. The maximum Gasteiger partial charge on any atom is 0.221 e. The van der Waals surface area contributed by atoms with E-state index < -0.39 is 0 Å². The van der Waals surface area contributed by atoms with E-state index >= 15 is 0 Å². The van der Waals surface area contributed by atoms with Gasteiger partial charge in [-0.25, -0.2) is 0 Å². The SMILES string of the molecule is O=C(CC1C=CCC1)N[C@H](CO)c1ccccc1. The monoisotopic (exact) mass is 245 g/mol. The van der Waals surface area contributed by atoms with E-state index in [1.807, 2.05) is 30.3 Å². The van der Waals surface area contributed by atoms with Crippen LogP contribution in [0.2, 0.25) is 0 Å². The number of hydrogen-bond donors (Lipinski definition) is 2. The number of aliphatic hydroxyl groups is 1. The highest BCUT2D eigenvalue weighted by Crippen LogP contribution is 2.21. The Morgan fingerprint density at radius 3 is 2.78 bits per heavy atom. The average Bonchev–Trinajstić information content (AvgIpc) is 2.90. The number of hydrogen-bond acceptors (Lipinski definition) is 2. The highest BCUT2D eigenvalue weighted by Gasteiger charge is 2.17. The summed E-state index contributed by atoms with van der Waals surface area (Å²) >= 11 is 0. The van der Waals surface area contributed by atoms with Crippen molar-refractivity contribution >= 4 is 5.91 Å². The molecule has 0 saturated carbocycles. The molecule has 18 heavy (non-hydrogen) atoms. The second kappa shape index (κ2) is 6.36. The summed E-state index contributed by atoms with van der Waals surface area (Å²) in [5.41, 5.74) is 0.940. The van der Waals surface area contributed by atoms with Gasteiger partial charge in [-0.15, -0.1) is 0 Å². The van der Waals surface area contributed by atoms with E-state index in [1.165, 1.54) is 0 Å². The smallest absolute Gasteiger partial charge is 0.221 e. The van der Waals surface area contributed by atoms with Gasteiger partial charge in [0.25, 0.3) is 0 Å². The third-order valence-electron chi connectivity index (χ3n) is 3.28. The van der Waals surface area contributed by atoms with Gasteiger partial charge in [0.2, 0.25) is 5.91 Å². The summed E-state index contributed by atoms with van der Waals surface area (Å²) in [6, 6.07) is 9.26. The van der Waals surface area contributed by atoms with Gasteiger partial charge >= 0.3 is 0 Å². The van der Waals surface area contributed by atoms with Crippen LogP contribution in [0.5, 0.6) is 0 Å². The molecule has 1 aliphatic carbocycles. The number of benzene rings is 1. The van der Waals surface area contributed by atoms with Gasteiger partial charge in [0.15, 0.2) is 0 Å². The quantitative estimate of drug-likeness (QED) is 0.781. The lowest BCUT2D eigenvalue weighted by molar-refractivity contribution is -0.122. The summed E-state index contributed by atoms with van der Waals surface area (Å²) in [7, 11) is 0. The highest BCUT2D eigenvalue weighted by atomic mass is 16.3. The molecule has 3 heteroatoms. The van der Waals surface area contributed by atoms with E-state index in [0.29, 0.717) is 12.3 Å². The van der Waals surface area contributed by atoms with E-state index in [0.717, 1.165) is 18.4 Å². The molecule has 1 aliphatic rings. The van der Waals surface area contributed by atoms with Gasteiger partial charge < -0.3 is 10.4 Å². The summed E-state index contributed by atoms with van der Waals surface area (Å²) < 4.78 is 0.